The topological polar surface area (TPSA) is 56.0 Å². The number of hydrogen-bond donors (Lipinski definition) is 0. The fraction of sp³-hybridized carbons (Fsp3) is 0.476. The van der Waals surface area contributed by atoms with E-state index in [1.807, 2.05) is 30.2 Å². The van der Waals surface area contributed by atoms with Gasteiger partial charge in [0.15, 0.2) is 0 Å². The van der Waals surface area contributed by atoms with E-state index in [4.69, 9.17) is 4.98 Å². The molecule has 3 heterocycles. The van der Waals surface area contributed by atoms with Gasteiger partial charge in [-0.1, -0.05) is 19.1 Å². The van der Waals surface area contributed by atoms with E-state index in [1.54, 1.807) is 4.68 Å². The van der Waals surface area contributed by atoms with E-state index in [1.165, 1.54) is 5.52 Å². The van der Waals surface area contributed by atoms with E-state index in [-0.39, 0.29) is 11.8 Å². The summed E-state index contributed by atoms with van der Waals surface area (Å²) < 4.78 is 4.15. The molecule has 1 unspecified atom stereocenters. The van der Waals surface area contributed by atoms with Crippen molar-refractivity contribution in [2.24, 2.45) is 0 Å². The van der Waals surface area contributed by atoms with Gasteiger partial charge in [-0.2, -0.15) is 5.10 Å². The van der Waals surface area contributed by atoms with Crippen LogP contribution >= 0.6 is 0 Å². The number of aromatic nitrogens is 4. The van der Waals surface area contributed by atoms with Gasteiger partial charge in [0.2, 0.25) is 0 Å². The molecule has 3 aromatic rings. The Kier molecular flexibility index (Phi) is 4.97. The summed E-state index contributed by atoms with van der Waals surface area (Å²) in [5.41, 5.74) is 2.78. The molecule has 1 aromatic carbocycles. The molecule has 6 nitrogen and oxygen atoms in total. The van der Waals surface area contributed by atoms with Gasteiger partial charge in [-0.25, -0.2) is 4.98 Å². The summed E-state index contributed by atoms with van der Waals surface area (Å²) in [5, 5.41) is 4.39. The molecule has 1 atom stereocenters. The third kappa shape index (κ3) is 3.36. The molecule has 0 radical (unpaired) electrons. The molecule has 1 saturated heterocycles. The van der Waals surface area contributed by atoms with E-state index in [0.717, 1.165) is 50.2 Å². The first-order valence-electron chi connectivity index (χ1n) is 9.99. The first-order chi connectivity index (χ1) is 13.2. The van der Waals surface area contributed by atoms with Crippen molar-refractivity contribution >= 4 is 16.9 Å². The van der Waals surface area contributed by atoms with E-state index in [0.29, 0.717) is 12.2 Å². The summed E-state index contributed by atoms with van der Waals surface area (Å²) in [6.45, 7) is 7.46. The molecule has 0 spiro atoms. The highest BCUT2D eigenvalue weighted by Crippen LogP contribution is 2.30. The summed E-state index contributed by atoms with van der Waals surface area (Å²) in [6, 6.07) is 10.2. The molecule has 2 aromatic heterocycles. The maximum absolute atomic E-state index is 12.9. The van der Waals surface area contributed by atoms with Crippen LogP contribution in [-0.2, 0) is 13.1 Å². The second kappa shape index (κ2) is 7.55. The van der Waals surface area contributed by atoms with Crippen LogP contribution < -0.4 is 0 Å². The fourth-order valence-corrected chi connectivity index (χ4v) is 4.05. The number of rotatable bonds is 5. The summed E-state index contributed by atoms with van der Waals surface area (Å²) >= 11 is 0. The average molecular weight is 365 g/mol. The van der Waals surface area contributed by atoms with Crippen molar-refractivity contribution in [1.82, 2.24) is 24.2 Å². The van der Waals surface area contributed by atoms with Gasteiger partial charge in [0.05, 0.1) is 11.0 Å². The second-order valence-electron chi connectivity index (χ2n) is 7.26. The lowest BCUT2D eigenvalue weighted by molar-refractivity contribution is 0.0696. The lowest BCUT2D eigenvalue weighted by Crippen LogP contribution is -2.40. The predicted octanol–water partition coefficient (Wildman–Crippen LogP) is 3.68. The number of imidazole rings is 1. The lowest BCUT2D eigenvalue weighted by atomic mass is 9.96. The van der Waals surface area contributed by atoms with Crippen molar-refractivity contribution in [3.63, 3.8) is 0 Å². The summed E-state index contributed by atoms with van der Waals surface area (Å²) in [6.07, 6.45) is 5.01. The Morgan fingerprint density at radius 1 is 1.22 bits per heavy atom. The van der Waals surface area contributed by atoms with Gasteiger partial charge in [-0.15, -0.1) is 0 Å². The average Bonchev–Trinajstić information content (AvgIpc) is 3.33. The van der Waals surface area contributed by atoms with Gasteiger partial charge >= 0.3 is 0 Å². The standard InChI is InChI=1S/C21H27N5O/c1-3-12-26-19-10-6-5-9-17(19)22-20(26)16-8-7-13-24(15-16)21(27)18-11-14-25(4-2)23-18/h5-6,9-11,14,16H,3-4,7-8,12-13,15H2,1-2H3. The zero-order chi connectivity index (χ0) is 18.8. The fourth-order valence-electron chi connectivity index (χ4n) is 4.05. The lowest BCUT2D eigenvalue weighted by Gasteiger charge is -2.32. The van der Waals surface area contributed by atoms with Crippen LogP contribution in [-0.4, -0.2) is 43.2 Å². The molecule has 27 heavy (non-hydrogen) atoms. The van der Waals surface area contributed by atoms with Gasteiger partial charge in [0, 0.05) is 38.3 Å². The Hall–Kier alpha value is -2.63. The van der Waals surface area contributed by atoms with E-state index in [9.17, 15) is 4.79 Å². The van der Waals surface area contributed by atoms with Gasteiger partial charge in [0.25, 0.3) is 5.91 Å². The smallest absolute Gasteiger partial charge is 0.274 e. The van der Waals surface area contributed by atoms with Crippen molar-refractivity contribution in [2.75, 3.05) is 13.1 Å². The molecule has 0 bridgehead atoms. The SMILES string of the molecule is CCCn1c(C2CCCN(C(=O)c3ccn(CC)n3)C2)nc2ccccc21. The zero-order valence-electron chi connectivity index (χ0n) is 16.1. The van der Waals surface area contributed by atoms with Crippen LogP contribution in [0.3, 0.4) is 0 Å². The Morgan fingerprint density at radius 2 is 2.07 bits per heavy atom. The number of benzene rings is 1. The Balaban J connectivity index is 1.60. The van der Waals surface area contributed by atoms with E-state index >= 15 is 0 Å². The van der Waals surface area contributed by atoms with Crippen molar-refractivity contribution in [3.05, 3.63) is 48.0 Å². The Bertz CT molecular complexity index is 941. The number of hydrogen-bond acceptors (Lipinski definition) is 3. The molecule has 1 amide bonds. The van der Waals surface area contributed by atoms with Gasteiger partial charge in [-0.05, 0) is 44.4 Å². The van der Waals surface area contributed by atoms with E-state index in [2.05, 4.69) is 34.8 Å². The quantitative estimate of drug-likeness (QED) is 0.693. The molecule has 1 fully saturated rings. The monoisotopic (exact) mass is 365 g/mol. The van der Waals surface area contributed by atoms with Gasteiger partial charge < -0.3 is 9.47 Å². The van der Waals surface area contributed by atoms with Gasteiger partial charge in [-0.3, -0.25) is 9.48 Å². The van der Waals surface area contributed by atoms with Gasteiger partial charge in [0.1, 0.15) is 11.5 Å². The number of nitrogens with zero attached hydrogens (tertiary/aromatic N) is 5. The molecule has 0 saturated carbocycles. The molecular weight excluding hydrogens is 338 g/mol. The highest BCUT2D eigenvalue weighted by atomic mass is 16.2. The molecule has 1 aliphatic rings. The zero-order valence-corrected chi connectivity index (χ0v) is 16.1. The van der Waals surface area contributed by atoms with Crippen LogP contribution in [0.1, 0.15) is 55.3 Å². The highest BCUT2D eigenvalue weighted by molar-refractivity contribution is 5.92. The normalized spacial score (nSPS) is 17.6. The van der Waals surface area contributed by atoms with Crippen LogP contribution in [0.15, 0.2) is 36.5 Å². The van der Waals surface area contributed by atoms with Crippen molar-refractivity contribution in [1.29, 1.82) is 0 Å². The first kappa shape index (κ1) is 17.8. The van der Waals surface area contributed by atoms with Crippen molar-refractivity contribution in [3.8, 4) is 0 Å². The minimum absolute atomic E-state index is 0.0325. The van der Waals surface area contributed by atoms with Crippen molar-refractivity contribution in [2.45, 2.75) is 52.1 Å². The largest absolute Gasteiger partial charge is 0.337 e. The number of para-hydroxylation sites is 2. The second-order valence-corrected chi connectivity index (χ2v) is 7.26. The van der Waals surface area contributed by atoms with Crippen LogP contribution in [0, 0.1) is 0 Å². The summed E-state index contributed by atoms with van der Waals surface area (Å²) in [7, 11) is 0. The van der Waals surface area contributed by atoms with E-state index < -0.39 is 0 Å². The maximum atomic E-state index is 12.9. The predicted molar refractivity (Wildman–Crippen MR) is 106 cm³/mol. The van der Waals surface area contributed by atoms with Crippen LogP contribution in [0.2, 0.25) is 0 Å². The molecule has 6 heteroatoms. The number of fused-ring (bicyclic) bond motifs is 1. The number of aryl methyl sites for hydroxylation is 2. The molecular formula is C21H27N5O. The minimum atomic E-state index is 0.0325. The van der Waals surface area contributed by atoms with Crippen molar-refractivity contribution < 1.29 is 4.79 Å². The molecule has 4 rings (SSSR count). The third-order valence-corrected chi connectivity index (χ3v) is 5.39. The minimum Gasteiger partial charge on any atom is -0.337 e. The number of carbonyl (C=O) groups excluding carboxylic acids is 1. The molecule has 0 N–H and O–H groups in total. The number of amides is 1. The third-order valence-electron chi connectivity index (χ3n) is 5.39. The molecule has 1 aliphatic heterocycles. The maximum Gasteiger partial charge on any atom is 0.274 e. The molecule has 0 aliphatic carbocycles. The van der Waals surface area contributed by atoms with Crippen LogP contribution in [0.5, 0.6) is 0 Å². The Morgan fingerprint density at radius 3 is 2.85 bits per heavy atom. The number of carbonyl (C=O) groups is 1. The highest BCUT2D eigenvalue weighted by Gasteiger charge is 2.29. The first-order valence-corrected chi connectivity index (χ1v) is 9.99. The Labute approximate surface area is 159 Å². The number of likely N-dealkylation sites (tertiary alicyclic amines) is 1. The number of piperidine rings is 1. The van der Waals surface area contributed by atoms with Crippen LogP contribution in [0.4, 0.5) is 0 Å². The summed E-state index contributed by atoms with van der Waals surface area (Å²) in [5.74, 6) is 1.43. The molecule has 142 valence electrons. The summed E-state index contributed by atoms with van der Waals surface area (Å²) in [4.78, 5) is 19.8. The van der Waals surface area contributed by atoms with Crippen LogP contribution in [0.25, 0.3) is 11.0 Å².